The molecule has 1 rings (SSSR count). The summed E-state index contributed by atoms with van der Waals surface area (Å²) in [6, 6.07) is 0. The molecular weight excluding hydrogens is 382 g/mol. The van der Waals surface area contributed by atoms with Crippen LogP contribution < -0.4 is 11.1 Å². The molecule has 0 atom stereocenters. The Morgan fingerprint density at radius 3 is 2.17 bits per heavy atom. The van der Waals surface area contributed by atoms with E-state index in [0.29, 0.717) is 0 Å². The zero-order valence-corrected chi connectivity index (χ0v) is 11.5. The van der Waals surface area contributed by atoms with Crippen LogP contribution in [0.25, 0.3) is 0 Å². The number of hydrogen-bond donors (Lipinski definition) is 2. The van der Waals surface area contributed by atoms with E-state index in [4.69, 9.17) is 5.73 Å². The molecule has 0 spiro atoms. The molecule has 0 bridgehead atoms. The monoisotopic (exact) mass is 394 g/mol. The van der Waals surface area contributed by atoms with Crippen molar-refractivity contribution in [2.24, 2.45) is 7.05 Å². The van der Waals surface area contributed by atoms with E-state index in [9.17, 15) is 0 Å². The fraction of sp³-hybridized carbons (Fsp3) is 0.500. The maximum atomic E-state index is 5.67. The third kappa shape index (κ3) is 2.64. The van der Waals surface area contributed by atoms with Crippen molar-refractivity contribution in [2.45, 2.75) is 6.92 Å². The topological polar surface area (TPSA) is 55.9 Å². The molecule has 1 aromatic heterocycles. The standard InChI is InChI=1S/C6H12N4.I2/c1-4-5(7)6(8-2)10(3)9-4;1-2/h8H,7H2,1-3H3;. The first kappa shape index (κ1) is 12.3. The lowest BCUT2D eigenvalue weighted by Crippen LogP contribution is -2.00. The summed E-state index contributed by atoms with van der Waals surface area (Å²) in [6.45, 7) is 1.89. The minimum absolute atomic E-state index is 0.727. The number of hydrogen-bond acceptors (Lipinski definition) is 3. The molecule has 70 valence electrons. The van der Waals surface area contributed by atoms with Crippen LogP contribution in [0.15, 0.2) is 0 Å². The Labute approximate surface area is 95.6 Å². The summed E-state index contributed by atoms with van der Waals surface area (Å²) in [4.78, 5) is 0. The number of halogens is 2. The minimum atomic E-state index is 0.727. The van der Waals surface area contributed by atoms with Gasteiger partial charge in [0.2, 0.25) is 0 Å². The second-order valence-electron chi connectivity index (χ2n) is 2.22. The molecule has 0 aliphatic rings. The zero-order valence-electron chi connectivity index (χ0n) is 7.23. The lowest BCUT2D eigenvalue weighted by molar-refractivity contribution is 0.763. The van der Waals surface area contributed by atoms with Crippen LogP contribution in [0.3, 0.4) is 0 Å². The van der Waals surface area contributed by atoms with E-state index in [1.165, 1.54) is 0 Å². The van der Waals surface area contributed by atoms with E-state index in [-0.39, 0.29) is 0 Å². The van der Waals surface area contributed by atoms with E-state index < -0.39 is 0 Å². The predicted molar refractivity (Wildman–Crippen MR) is 69.9 cm³/mol. The van der Waals surface area contributed by atoms with Crippen molar-refractivity contribution in [2.75, 3.05) is 18.1 Å². The number of aryl methyl sites for hydroxylation is 2. The molecule has 0 fully saturated rings. The van der Waals surface area contributed by atoms with Crippen molar-refractivity contribution in [3.05, 3.63) is 5.69 Å². The maximum Gasteiger partial charge on any atom is 0.147 e. The summed E-state index contributed by atoms with van der Waals surface area (Å²) >= 11 is 4.24. The van der Waals surface area contributed by atoms with Crippen LogP contribution in [0, 0.1) is 6.92 Å². The second kappa shape index (κ2) is 5.84. The van der Waals surface area contributed by atoms with Crippen LogP contribution in [0.2, 0.25) is 0 Å². The van der Waals surface area contributed by atoms with E-state index in [0.717, 1.165) is 17.2 Å². The Morgan fingerprint density at radius 2 is 2.00 bits per heavy atom. The molecule has 0 unspecified atom stereocenters. The van der Waals surface area contributed by atoms with Crippen molar-refractivity contribution in [3.63, 3.8) is 0 Å². The quantitative estimate of drug-likeness (QED) is 0.718. The van der Waals surface area contributed by atoms with Gasteiger partial charge in [0.15, 0.2) is 0 Å². The molecule has 0 saturated heterocycles. The Hall–Kier alpha value is 0.270. The van der Waals surface area contributed by atoms with Gasteiger partial charge < -0.3 is 11.1 Å². The van der Waals surface area contributed by atoms with Gasteiger partial charge in [-0.3, -0.25) is 4.68 Å². The number of nitrogens with two attached hydrogens (primary N) is 1. The van der Waals surface area contributed by atoms with Crippen molar-refractivity contribution in [3.8, 4) is 0 Å². The van der Waals surface area contributed by atoms with E-state index in [1.54, 1.807) is 4.68 Å². The van der Waals surface area contributed by atoms with Crippen molar-refractivity contribution in [1.29, 1.82) is 0 Å². The summed E-state index contributed by atoms with van der Waals surface area (Å²) in [7, 11) is 3.68. The fourth-order valence-corrected chi connectivity index (χ4v) is 0.971. The number of anilines is 2. The van der Waals surface area contributed by atoms with Crippen LogP contribution in [-0.2, 0) is 7.05 Å². The Bertz CT molecular complexity index is 246. The molecule has 6 heteroatoms. The molecule has 1 heterocycles. The van der Waals surface area contributed by atoms with Gasteiger partial charge in [-0.25, -0.2) is 0 Å². The van der Waals surface area contributed by atoms with Gasteiger partial charge >= 0.3 is 0 Å². The predicted octanol–water partition coefficient (Wildman–Crippen LogP) is 2.12. The van der Waals surface area contributed by atoms with Crippen LogP contribution >= 0.6 is 37.2 Å². The first-order chi connectivity index (χ1) is 5.66. The Morgan fingerprint density at radius 1 is 1.50 bits per heavy atom. The molecule has 0 saturated carbocycles. The van der Waals surface area contributed by atoms with Crippen LogP contribution in [0.5, 0.6) is 0 Å². The summed E-state index contributed by atoms with van der Waals surface area (Å²) in [5.74, 6) is 0.873. The highest BCUT2D eigenvalue weighted by Gasteiger charge is 2.06. The summed E-state index contributed by atoms with van der Waals surface area (Å²) in [5.41, 5.74) is 7.26. The largest absolute Gasteiger partial charge is 0.394 e. The SMILES string of the molecule is CNc1c(N)c(C)nn1C.II. The highest BCUT2D eigenvalue weighted by atomic mass is 128. The van der Waals surface area contributed by atoms with Gasteiger partial charge in [-0.05, 0) is 6.92 Å². The summed E-state index contributed by atoms with van der Waals surface area (Å²) in [6.07, 6.45) is 0. The van der Waals surface area contributed by atoms with Crippen molar-refractivity contribution in [1.82, 2.24) is 9.78 Å². The van der Waals surface area contributed by atoms with Gasteiger partial charge in [0.05, 0.1) is 11.4 Å². The summed E-state index contributed by atoms with van der Waals surface area (Å²) in [5, 5.41) is 7.07. The number of aromatic nitrogens is 2. The van der Waals surface area contributed by atoms with Gasteiger partial charge in [0.25, 0.3) is 0 Å². The molecule has 4 nitrogen and oxygen atoms in total. The van der Waals surface area contributed by atoms with Gasteiger partial charge in [-0.1, -0.05) is 0 Å². The molecule has 0 aliphatic heterocycles. The Kier molecular flexibility index (Phi) is 5.97. The van der Waals surface area contributed by atoms with Crippen LogP contribution in [0.4, 0.5) is 11.5 Å². The maximum absolute atomic E-state index is 5.67. The molecule has 3 N–H and O–H groups in total. The third-order valence-corrected chi connectivity index (χ3v) is 1.51. The molecule has 12 heavy (non-hydrogen) atoms. The first-order valence-electron chi connectivity index (χ1n) is 3.28. The lowest BCUT2D eigenvalue weighted by Gasteiger charge is -1.99. The minimum Gasteiger partial charge on any atom is -0.394 e. The van der Waals surface area contributed by atoms with Crippen molar-refractivity contribution >= 4 is 48.7 Å². The number of rotatable bonds is 1. The average molecular weight is 394 g/mol. The van der Waals surface area contributed by atoms with Crippen LogP contribution in [0.1, 0.15) is 5.69 Å². The van der Waals surface area contributed by atoms with Gasteiger partial charge in [-0.2, -0.15) is 5.10 Å². The molecule has 0 aliphatic carbocycles. The zero-order chi connectivity index (χ0) is 9.72. The highest BCUT2D eigenvalue weighted by molar-refractivity contribution is 15.0. The first-order valence-corrected chi connectivity index (χ1v) is 9.56. The molecular formula is C6H12I2N4. The second-order valence-corrected chi connectivity index (χ2v) is 2.22. The number of nitrogens with one attached hydrogen (secondary N) is 1. The van der Waals surface area contributed by atoms with Crippen molar-refractivity contribution < 1.29 is 0 Å². The molecule has 0 radical (unpaired) electrons. The summed E-state index contributed by atoms with van der Waals surface area (Å²) < 4.78 is 1.73. The van der Waals surface area contributed by atoms with E-state index >= 15 is 0 Å². The number of nitrogen functional groups attached to an aromatic ring is 1. The lowest BCUT2D eigenvalue weighted by atomic mass is 10.4. The normalized spacial score (nSPS) is 8.75. The molecule has 1 aromatic rings. The smallest absolute Gasteiger partial charge is 0.147 e. The highest BCUT2D eigenvalue weighted by Crippen LogP contribution is 2.19. The van der Waals surface area contributed by atoms with E-state index in [1.807, 2.05) is 21.0 Å². The fourth-order valence-electron chi connectivity index (χ4n) is 0.971. The van der Waals surface area contributed by atoms with Gasteiger partial charge in [0, 0.05) is 51.3 Å². The van der Waals surface area contributed by atoms with Gasteiger partial charge in [0.1, 0.15) is 5.82 Å². The van der Waals surface area contributed by atoms with Gasteiger partial charge in [-0.15, -0.1) is 0 Å². The average Bonchev–Trinajstić information content (AvgIpc) is 2.31. The van der Waals surface area contributed by atoms with E-state index in [2.05, 4.69) is 47.6 Å². The van der Waals surface area contributed by atoms with Crippen LogP contribution in [-0.4, -0.2) is 16.8 Å². The third-order valence-electron chi connectivity index (χ3n) is 1.51. The number of nitrogens with zero attached hydrogens (tertiary/aromatic N) is 2. The molecule has 0 amide bonds. The Balaban J connectivity index is 0.000000561. The molecule has 0 aromatic carbocycles.